The van der Waals surface area contributed by atoms with Gasteiger partial charge in [-0.3, -0.25) is 4.90 Å². The number of halogens is 2. The molecule has 3 saturated heterocycles. The van der Waals surface area contributed by atoms with Crippen LogP contribution in [-0.4, -0.2) is 75.8 Å². The van der Waals surface area contributed by atoms with Gasteiger partial charge in [0, 0.05) is 67.0 Å². The van der Waals surface area contributed by atoms with E-state index >= 15 is 4.39 Å². The van der Waals surface area contributed by atoms with Crippen molar-refractivity contribution >= 4 is 45.2 Å². The maximum atomic E-state index is 16.8. The summed E-state index contributed by atoms with van der Waals surface area (Å²) in [5, 5.41) is 4.53. The standard InChI is InChI=1S/C29H34ClFN8O/c1-14-10-37(3)21(14)13-40-29-35-26-18(28(36-29)39-11-16-5-6-17(12-39)33-16)9-19(30)24(25(26)31)23-15(2)38(4)20-7-8-22(32)34-27(20)23/h7-9,14,16-17,21,33H,5-6,10-13H2,1-4H3,(H2,32,34)/t14-,16?,17?,21-/m1/s1. The van der Waals surface area contributed by atoms with Gasteiger partial charge < -0.3 is 25.3 Å². The first-order valence-electron chi connectivity index (χ1n) is 13.9. The number of benzene rings is 1. The lowest BCUT2D eigenvalue weighted by atomic mass is 9.92. The Morgan fingerprint density at radius 3 is 2.52 bits per heavy atom. The third-order valence-corrected chi connectivity index (χ3v) is 9.45. The monoisotopic (exact) mass is 564 g/mol. The molecule has 3 fully saturated rings. The highest BCUT2D eigenvalue weighted by molar-refractivity contribution is 6.35. The van der Waals surface area contributed by atoms with E-state index in [9.17, 15) is 0 Å². The summed E-state index contributed by atoms with van der Waals surface area (Å²) >= 11 is 6.91. The number of aryl methyl sites for hydroxylation is 1. The Hall–Kier alpha value is -3.21. The van der Waals surface area contributed by atoms with Crippen molar-refractivity contribution in [2.45, 2.75) is 44.8 Å². The van der Waals surface area contributed by atoms with Crippen molar-refractivity contribution in [2.24, 2.45) is 13.0 Å². The van der Waals surface area contributed by atoms with Crippen LogP contribution < -0.4 is 20.7 Å². The number of nitrogen functional groups attached to an aromatic ring is 1. The van der Waals surface area contributed by atoms with Crippen molar-refractivity contribution < 1.29 is 9.13 Å². The van der Waals surface area contributed by atoms with Gasteiger partial charge in [-0.05, 0) is 50.9 Å². The average molecular weight is 565 g/mol. The summed E-state index contributed by atoms with van der Waals surface area (Å²) in [6.45, 7) is 7.19. The lowest BCUT2D eigenvalue weighted by Gasteiger charge is -2.43. The van der Waals surface area contributed by atoms with Gasteiger partial charge in [-0.25, -0.2) is 9.37 Å². The number of ether oxygens (including phenoxy) is 1. The molecule has 11 heteroatoms. The fourth-order valence-corrected chi connectivity index (χ4v) is 7.15. The van der Waals surface area contributed by atoms with Crippen LogP contribution in [-0.2, 0) is 7.05 Å². The number of rotatable bonds is 5. The summed E-state index contributed by atoms with van der Waals surface area (Å²) in [7, 11) is 4.01. The molecule has 1 aromatic carbocycles. The van der Waals surface area contributed by atoms with Crippen LogP contribution in [0.4, 0.5) is 16.0 Å². The van der Waals surface area contributed by atoms with Crippen molar-refractivity contribution in [1.29, 1.82) is 0 Å². The lowest BCUT2D eigenvalue weighted by Crippen LogP contribution is -2.55. The molecule has 3 aliphatic heterocycles. The Morgan fingerprint density at radius 1 is 1.07 bits per heavy atom. The quantitative estimate of drug-likeness (QED) is 0.373. The molecule has 2 unspecified atom stereocenters. The normalized spacial score (nSPS) is 24.7. The number of likely N-dealkylation sites (N-methyl/N-ethyl adjacent to an activating group) is 1. The number of piperazine rings is 1. The van der Waals surface area contributed by atoms with E-state index in [1.807, 2.05) is 24.6 Å². The highest BCUT2D eigenvalue weighted by Crippen LogP contribution is 2.43. The number of nitrogens with one attached hydrogen (secondary N) is 1. The molecule has 3 aromatic heterocycles. The summed E-state index contributed by atoms with van der Waals surface area (Å²) in [5.74, 6) is 1.03. The average Bonchev–Trinajstić information content (AvgIpc) is 3.38. The third-order valence-electron chi connectivity index (χ3n) is 9.15. The van der Waals surface area contributed by atoms with Crippen molar-refractivity contribution in [2.75, 3.05) is 43.9 Å². The molecule has 0 aliphatic carbocycles. The van der Waals surface area contributed by atoms with Crippen LogP contribution in [0, 0.1) is 18.7 Å². The van der Waals surface area contributed by atoms with E-state index < -0.39 is 5.82 Å². The minimum atomic E-state index is -0.511. The molecule has 0 spiro atoms. The van der Waals surface area contributed by atoms with Gasteiger partial charge in [-0.2, -0.15) is 9.97 Å². The first kappa shape index (κ1) is 25.7. The molecule has 0 amide bonds. The third kappa shape index (κ3) is 3.99. The highest BCUT2D eigenvalue weighted by atomic mass is 35.5. The van der Waals surface area contributed by atoms with E-state index in [1.165, 1.54) is 0 Å². The number of anilines is 2. The predicted molar refractivity (Wildman–Crippen MR) is 157 cm³/mol. The zero-order valence-electron chi connectivity index (χ0n) is 23.2. The maximum absolute atomic E-state index is 16.8. The topological polar surface area (TPSA) is 97.4 Å². The number of pyridine rings is 1. The largest absolute Gasteiger partial charge is 0.462 e. The van der Waals surface area contributed by atoms with Crippen LogP contribution in [0.25, 0.3) is 33.1 Å². The molecule has 3 aliphatic rings. The van der Waals surface area contributed by atoms with Gasteiger partial charge in [0.05, 0.1) is 16.1 Å². The van der Waals surface area contributed by atoms with Gasteiger partial charge in [0.15, 0.2) is 5.82 Å². The van der Waals surface area contributed by atoms with Gasteiger partial charge in [0.2, 0.25) is 0 Å². The number of fused-ring (bicyclic) bond motifs is 4. The number of nitrogens with zero attached hydrogens (tertiary/aromatic N) is 6. The summed E-state index contributed by atoms with van der Waals surface area (Å²) in [6.07, 6.45) is 2.24. The minimum absolute atomic E-state index is 0.185. The molecule has 6 heterocycles. The Kier molecular flexibility index (Phi) is 6.07. The first-order valence-corrected chi connectivity index (χ1v) is 14.3. The van der Waals surface area contributed by atoms with E-state index in [2.05, 4.69) is 39.1 Å². The molecule has 0 radical (unpaired) electrons. The van der Waals surface area contributed by atoms with Gasteiger partial charge in [0.25, 0.3) is 0 Å². The number of aromatic nitrogens is 4. The van der Waals surface area contributed by atoms with Crippen LogP contribution in [0.3, 0.4) is 0 Å². The van der Waals surface area contributed by atoms with Gasteiger partial charge in [0.1, 0.15) is 23.8 Å². The Bertz CT molecular complexity index is 1640. The van der Waals surface area contributed by atoms with Crippen LogP contribution in [0.15, 0.2) is 18.2 Å². The number of likely N-dealkylation sites (tertiary alicyclic amines) is 1. The summed E-state index contributed by atoms with van der Waals surface area (Å²) in [4.78, 5) is 18.5. The molecule has 210 valence electrons. The number of hydrogen-bond donors (Lipinski definition) is 2. The van der Waals surface area contributed by atoms with Gasteiger partial charge in [-0.1, -0.05) is 18.5 Å². The second-order valence-corrected chi connectivity index (χ2v) is 12.1. The number of hydrogen-bond acceptors (Lipinski definition) is 8. The Morgan fingerprint density at radius 2 is 1.82 bits per heavy atom. The van der Waals surface area contributed by atoms with Crippen molar-refractivity contribution in [3.05, 3.63) is 34.7 Å². The van der Waals surface area contributed by atoms with Gasteiger partial charge >= 0.3 is 6.01 Å². The summed E-state index contributed by atoms with van der Waals surface area (Å²) in [6, 6.07) is 6.66. The maximum Gasteiger partial charge on any atom is 0.319 e. The Balaban J connectivity index is 1.40. The van der Waals surface area contributed by atoms with E-state index in [0.717, 1.165) is 43.7 Å². The molecule has 0 saturated carbocycles. The summed E-state index contributed by atoms with van der Waals surface area (Å²) < 4.78 is 24.9. The zero-order valence-corrected chi connectivity index (χ0v) is 24.0. The predicted octanol–water partition coefficient (Wildman–Crippen LogP) is 4.14. The van der Waals surface area contributed by atoms with Gasteiger partial charge in [-0.15, -0.1) is 0 Å². The molecular weight excluding hydrogens is 531 g/mol. The zero-order chi connectivity index (χ0) is 27.9. The molecule has 4 atom stereocenters. The first-order chi connectivity index (χ1) is 19.2. The molecule has 40 heavy (non-hydrogen) atoms. The minimum Gasteiger partial charge on any atom is -0.462 e. The fourth-order valence-electron chi connectivity index (χ4n) is 6.86. The molecular formula is C29H34ClFN8O. The molecule has 7 rings (SSSR count). The summed E-state index contributed by atoms with van der Waals surface area (Å²) in [5.41, 5.74) is 9.40. The van der Waals surface area contributed by atoms with Crippen molar-refractivity contribution in [1.82, 2.24) is 29.7 Å². The van der Waals surface area contributed by atoms with E-state index in [4.69, 9.17) is 27.1 Å². The van der Waals surface area contributed by atoms with Crippen LogP contribution in [0.2, 0.25) is 5.02 Å². The second-order valence-electron chi connectivity index (χ2n) is 11.7. The van der Waals surface area contributed by atoms with Crippen LogP contribution in [0.5, 0.6) is 6.01 Å². The lowest BCUT2D eigenvalue weighted by molar-refractivity contribution is 0.0159. The SMILES string of the molecule is Cc1c(-c2c(Cl)cc3c(N4CC5CCC(C4)N5)nc(OC[C@@H]4[C@H](C)CN4C)nc3c2F)c2nc(N)ccc2n1C. The van der Waals surface area contributed by atoms with Crippen molar-refractivity contribution in [3.63, 3.8) is 0 Å². The van der Waals surface area contributed by atoms with Crippen molar-refractivity contribution in [3.8, 4) is 17.1 Å². The van der Waals surface area contributed by atoms with E-state index in [0.29, 0.717) is 52.7 Å². The van der Waals surface area contributed by atoms with E-state index in [-0.39, 0.29) is 28.2 Å². The highest BCUT2D eigenvalue weighted by Gasteiger charge is 2.36. The fraction of sp³-hybridized carbons (Fsp3) is 0.483. The molecule has 9 nitrogen and oxygen atoms in total. The molecule has 2 bridgehead atoms. The Labute approximate surface area is 237 Å². The number of nitrogens with two attached hydrogens (primary N) is 1. The molecule has 4 aromatic rings. The molecule has 3 N–H and O–H groups in total. The smallest absolute Gasteiger partial charge is 0.319 e. The van der Waals surface area contributed by atoms with Crippen LogP contribution >= 0.6 is 11.6 Å². The van der Waals surface area contributed by atoms with Crippen LogP contribution in [0.1, 0.15) is 25.5 Å². The van der Waals surface area contributed by atoms with E-state index in [1.54, 1.807) is 12.1 Å². The second kappa shape index (κ2) is 9.43.